The third kappa shape index (κ3) is 6.51. The van der Waals surface area contributed by atoms with Gasteiger partial charge >= 0.3 is 5.97 Å². The van der Waals surface area contributed by atoms with E-state index in [2.05, 4.69) is 11.5 Å². The van der Waals surface area contributed by atoms with Gasteiger partial charge in [-0.2, -0.15) is 5.10 Å². The molecule has 0 aliphatic carbocycles. The quantitative estimate of drug-likeness (QED) is 0.123. The first-order valence-electron chi connectivity index (χ1n) is 18.3. The molecule has 0 saturated heterocycles. The van der Waals surface area contributed by atoms with Crippen LogP contribution in [-0.2, 0) is 25.3 Å². The number of hydrogen-bond acceptors (Lipinski definition) is 6. The Morgan fingerprint density at radius 2 is 1.65 bits per heavy atom. The highest BCUT2D eigenvalue weighted by Crippen LogP contribution is 2.46. The number of carbonyl (C=O) groups is 2. The summed E-state index contributed by atoms with van der Waals surface area (Å²) < 4.78 is 23.1. The summed E-state index contributed by atoms with van der Waals surface area (Å²) in [6.07, 6.45) is 1.19. The molecule has 1 atom stereocenters. The molecule has 0 fully saturated rings. The van der Waals surface area contributed by atoms with Gasteiger partial charge in [-0.05, 0) is 101 Å². The molecule has 288 valence electrons. The smallest absolute Gasteiger partial charge is 0.352 e. The summed E-state index contributed by atoms with van der Waals surface area (Å²) in [6, 6.07) is 12.8. The van der Waals surface area contributed by atoms with Gasteiger partial charge in [0.15, 0.2) is 0 Å². The molecule has 7 rings (SSSR count). The molecule has 3 aromatic heterocycles. The SMILES string of the molecule is COCCOc1ccc(N2C[C@@H](C)n3c(c(CCCOc4cc(C)c(Cl)c(C)c4)c4ccc(Cl)c(-c5c(C)nn(C)c5C)c43)C2=O)c2c1cc(C(=O)O)n2C. The molecule has 6 aromatic rings. The zero-order valence-corrected chi connectivity index (χ0v) is 33.9. The number of amides is 1. The number of carboxylic acid groups (broad SMARTS) is 1. The van der Waals surface area contributed by atoms with Crippen molar-refractivity contribution in [3.05, 3.63) is 92.0 Å². The number of benzene rings is 3. The fourth-order valence-electron chi connectivity index (χ4n) is 8.14. The van der Waals surface area contributed by atoms with E-state index < -0.39 is 5.97 Å². The Balaban J connectivity index is 1.38. The van der Waals surface area contributed by atoms with Crippen molar-refractivity contribution < 1.29 is 28.9 Å². The molecule has 0 bridgehead atoms. The maximum atomic E-state index is 15.2. The van der Waals surface area contributed by atoms with Crippen LogP contribution in [0.3, 0.4) is 0 Å². The largest absolute Gasteiger partial charge is 0.494 e. The lowest BCUT2D eigenvalue weighted by Crippen LogP contribution is -2.43. The summed E-state index contributed by atoms with van der Waals surface area (Å²) in [6.45, 7) is 11.4. The predicted molar refractivity (Wildman–Crippen MR) is 217 cm³/mol. The zero-order chi connectivity index (χ0) is 39.5. The summed E-state index contributed by atoms with van der Waals surface area (Å²) in [4.78, 5) is 29.4. The maximum absolute atomic E-state index is 15.2. The molecule has 0 unspecified atom stereocenters. The van der Waals surface area contributed by atoms with Crippen LogP contribution in [0.2, 0.25) is 10.0 Å². The Morgan fingerprint density at radius 1 is 0.927 bits per heavy atom. The number of carbonyl (C=O) groups excluding carboxylic acids is 1. The van der Waals surface area contributed by atoms with Crippen LogP contribution in [0.4, 0.5) is 5.69 Å². The molecule has 0 radical (unpaired) electrons. The van der Waals surface area contributed by atoms with Gasteiger partial charge in [-0.15, -0.1) is 0 Å². The minimum absolute atomic E-state index is 0.0823. The van der Waals surface area contributed by atoms with E-state index >= 15 is 4.79 Å². The van der Waals surface area contributed by atoms with E-state index in [9.17, 15) is 9.90 Å². The topological polar surface area (TPSA) is 113 Å². The van der Waals surface area contributed by atoms with Crippen LogP contribution in [0, 0.1) is 27.7 Å². The van der Waals surface area contributed by atoms with Gasteiger partial charge < -0.3 is 33.4 Å². The van der Waals surface area contributed by atoms with Crippen molar-refractivity contribution >= 4 is 62.6 Å². The number of methoxy groups -OCH3 is 1. The number of hydrogen-bond donors (Lipinski definition) is 1. The lowest BCUT2D eigenvalue weighted by molar-refractivity contribution is 0.0687. The number of nitrogens with zero attached hydrogens (tertiary/aromatic N) is 5. The van der Waals surface area contributed by atoms with E-state index in [0.717, 1.165) is 60.9 Å². The molecule has 3 aromatic carbocycles. The van der Waals surface area contributed by atoms with Gasteiger partial charge in [0.05, 0.1) is 40.7 Å². The third-order valence-electron chi connectivity index (χ3n) is 10.8. The molecule has 13 heteroatoms. The number of aryl methyl sites for hydroxylation is 6. The Hall–Kier alpha value is -4.97. The number of aromatic carboxylic acids is 1. The second-order valence-electron chi connectivity index (χ2n) is 14.4. The molecule has 1 amide bonds. The predicted octanol–water partition coefficient (Wildman–Crippen LogP) is 9.03. The van der Waals surface area contributed by atoms with Gasteiger partial charge in [0.25, 0.3) is 5.91 Å². The van der Waals surface area contributed by atoms with Crippen molar-refractivity contribution in [1.29, 1.82) is 0 Å². The molecule has 11 nitrogen and oxygen atoms in total. The second-order valence-corrected chi connectivity index (χ2v) is 15.1. The first kappa shape index (κ1) is 38.3. The van der Waals surface area contributed by atoms with Gasteiger partial charge in [-0.25, -0.2) is 4.79 Å². The van der Waals surface area contributed by atoms with Gasteiger partial charge in [-0.3, -0.25) is 9.48 Å². The second kappa shape index (κ2) is 14.9. The lowest BCUT2D eigenvalue weighted by atomic mass is 9.98. The Bertz CT molecular complexity index is 2490. The van der Waals surface area contributed by atoms with Crippen molar-refractivity contribution in [2.24, 2.45) is 14.1 Å². The monoisotopic (exact) mass is 785 g/mol. The fraction of sp³-hybridized carbons (Fsp3) is 0.357. The average molecular weight is 787 g/mol. The Labute approximate surface area is 329 Å². The number of fused-ring (bicyclic) bond motifs is 4. The summed E-state index contributed by atoms with van der Waals surface area (Å²) in [5, 5.41) is 17.7. The molecule has 4 heterocycles. The lowest BCUT2D eigenvalue weighted by Gasteiger charge is -2.35. The highest BCUT2D eigenvalue weighted by Gasteiger charge is 2.38. The normalized spacial score (nSPS) is 14.3. The van der Waals surface area contributed by atoms with E-state index in [4.69, 9.17) is 42.5 Å². The van der Waals surface area contributed by atoms with Crippen LogP contribution >= 0.6 is 23.2 Å². The number of carboxylic acids is 1. The minimum Gasteiger partial charge on any atom is -0.494 e. The highest BCUT2D eigenvalue weighted by atomic mass is 35.5. The van der Waals surface area contributed by atoms with Gasteiger partial charge in [0, 0.05) is 66.4 Å². The summed E-state index contributed by atoms with van der Waals surface area (Å²) in [5.74, 6) is -0.00976. The summed E-state index contributed by atoms with van der Waals surface area (Å²) in [5.41, 5.74) is 9.13. The summed E-state index contributed by atoms with van der Waals surface area (Å²) in [7, 11) is 5.21. The maximum Gasteiger partial charge on any atom is 0.352 e. The number of ether oxygens (including phenoxy) is 3. The molecule has 55 heavy (non-hydrogen) atoms. The molecule has 0 spiro atoms. The van der Waals surface area contributed by atoms with Crippen molar-refractivity contribution in [3.8, 4) is 22.6 Å². The van der Waals surface area contributed by atoms with Crippen LogP contribution in [0.5, 0.6) is 11.5 Å². The zero-order valence-electron chi connectivity index (χ0n) is 32.3. The first-order chi connectivity index (χ1) is 26.2. The number of aromatic nitrogens is 4. The van der Waals surface area contributed by atoms with Crippen molar-refractivity contribution in [3.63, 3.8) is 0 Å². The molecule has 0 saturated carbocycles. The third-order valence-corrected chi connectivity index (χ3v) is 11.7. The van der Waals surface area contributed by atoms with Crippen LogP contribution in [0.15, 0.2) is 42.5 Å². The number of halogens is 2. The first-order valence-corrected chi connectivity index (χ1v) is 19.0. The van der Waals surface area contributed by atoms with Crippen LogP contribution in [0.25, 0.3) is 32.9 Å². The van der Waals surface area contributed by atoms with E-state index in [-0.39, 0.29) is 24.2 Å². The number of anilines is 1. The number of rotatable bonds is 12. The fourth-order valence-corrected chi connectivity index (χ4v) is 8.50. The Morgan fingerprint density at radius 3 is 2.31 bits per heavy atom. The van der Waals surface area contributed by atoms with E-state index in [1.54, 1.807) is 35.8 Å². The summed E-state index contributed by atoms with van der Waals surface area (Å²) >= 11 is 13.5. The van der Waals surface area contributed by atoms with E-state index in [0.29, 0.717) is 65.7 Å². The average Bonchev–Trinajstić information content (AvgIpc) is 3.76. The van der Waals surface area contributed by atoms with Crippen LogP contribution in [-0.4, -0.2) is 69.4 Å². The highest BCUT2D eigenvalue weighted by molar-refractivity contribution is 6.35. The molecule has 1 aliphatic rings. The molecule has 1 aliphatic heterocycles. The van der Waals surface area contributed by atoms with Crippen molar-refractivity contribution in [2.75, 3.05) is 38.4 Å². The van der Waals surface area contributed by atoms with Crippen molar-refractivity contribution in [2.45, 2.75) is 53.5 Å². The van der Waals surface area contributed by atoms with Gasteiger partial charge in [0.1, 0.15) is 29.5 Å². The van der Waals surface area contributed by atoms with Crippen molar-refractivity contribution in [1.82, 2.24) is 18.9 Å². The van der Waals surface area contributed by atoms with Crippen LogP contribution < -0.4 is 14.4 Å². The van der Waals surface area contributed by atoms with Crippen LogP contribution in [0.1, 0.15) is 68.4 Å². The van der Waals surface area contributed by atoms with E-state index in [1.807, 2.05) is 69.8 Å². The molecule has 1 N–H and O–H groups in total. The van der Waals surface area contributed by atoms with E-state index in [1.165, 1.54) is 0 Å². The molecular formula is C42H45Cl2N5O6. The standard InChI is InChI=1S/C42H45Cl2N5O6/c1-22-18-27(19-23(2)37(22)44)54-15-9-10-28-29-11-12-31(43)36(35-25(4)45-47(7)26(35)5)39(29)49-24(3)21-48(41(50)40(28)49)32-13-14-34(55-17-16-53-8)30-20-33(42(51)52)46(6)38(30)32/h11-14,18-20,24H,9-10,15-17,21H2,1-8H3,(H,51,52)/t24-/m1/s1. The molecular weight excluding hydrogens is 741 g/mol. The van der Waals surface area contributed by atoms with Gasteiger partial charge in [0.2, 0.25) is 0 Å². The Kier molecular flexibility index (Phi) is 10.4. The minimum atomic E-state index is -1.08. The van der Waals surface area contributed by atoms with Gasteiger partial charge in [-0.1, -0.05) is 29.3 Å².